The molecular formula is C12H12INOS. The fourth-order valence-corrected chi connectivity index (χ4v) is 2.50. The molecule has 0 aliphatic carbocycles. The first kappa shape index (κ1) is 11.9. The van der Waals surface area contributed by atoms with E-state index in [-0.39, 0.29) is 6.10 Å². The van der Waals surface area contributed by atoms with Gasteiger partial charge in [0.15, 0.2) is 0 Å². The molecule has 0 radical (unpaired) electrons. The van der Waals surface area contributed by atoms with Crippen LogP contribution in [0.5, 0.6) is 5.75 Å². The Morgan fingerprint density at radius 2 is 2.00 bits per heavy atom. The number of hydrogen-bond donors (Lipinski definition) is 1. The summed E-state index contributed by atoms with van der Waals surface area (Å²) in [7, 11) is 0. The molecule has 0 bridgehead atoms. The summed E-state index contributed by atoms with van der Waals surface area (Å²) in [4.78, 5) is 1.17. The van der Waals surface area contributed by atoms with Crippen LogP contribution >= 0.6 is 33.9 Å². The quantitative estimate of drug-likeness (QED) is 0.862. The van der Waals surface area contributed by atoms with E-state index in [9.17, 15) is 0 Å². The molecule has 2 nitrogen and oxygen atoms in total. The number of rotatable bonds is 4. The zero-order chi connectivity index (χ0) is 11.4. The molecule has 1 aromatic heterocycles. The van der Waals surface area contributed by atoms with Crippen LogP contribution in [-0.2, 0) is 0 Å². The average molecular weight is 345 g/mol. The van der Waals surface area contributed by atoms with Crippen molar-refractivity contribution in [3.8, 4) is 5.75 Å². The van der Waals surface area contributed by atoms with Crippen molar-refractivity contribution in [2.75, 3.05) is 6.54 Å². The third-order valence-corrected chi connectivity index (χ3v) is 3.85. The molecule has 84 valence electrons. The Morgan fingerprint density at radius 3 is 2.56 bits per heavy atom. The number of hydrogen-bond acceptors (Lipinski definition) is 3. The zero-order valence-electron chi connectivity index (χ0n) is 8.60. The monoisotopic (exact) mass is 345 g/mol. The molecule has 0 amide bonds. The van der Waals surface area contributed by atoms with Crippen molar-refractivity contribution in [1.29, 1.82) is 0 Å². The molecule has 1 aromatic carbocycles. The van der Waals surface area contributed by atoms with E-state index in [4.69, 9.17) is 10.5 Å². The van der Waals surface area contributed by atoms with E-state index in [0.29, 0.717) is 6.54 Å². The number of ether oxygens (including phenoxy) is 1. The summed E-state index contributed by atoms with van der Waals surface area (Å²) < 4.78 is 7.04. The summed E-state index contributed by atoms with van der Waals surface area (Å²) >= 11 is 3.94. The molecule has 1 heterocycles. The minimum atomic E-state index is -0.0416. The molecule has 16 heavy (non-hydrogen) atoms. The summed E-state index contributed by atoms with van der Waals surface area (Å²) in [5, 5.41) is 2.04. The van der Waals surface area contributed by atoms with Crippen LogP contribution in [-0.4, -0.2) is 6.54 Å². The van der Waals surface area contributed by atoms with Crippen LogP contribution in [0.15, 0.2) is 41.8 Å². The van der Waals surface area contributed by atoms with Gasteiger partial charge in [-0.05, 0) is 58.3 Å². The Balaban J connectivity index is 2.10. The smallest absolute Gasteiger partial charge is 0.145 e. The van der Waals surface area contributed by atoms with Crippen LogP contribution in [0.2, 0.25) is 0 Å². The van der Waals surface area contributed by atoms with Gasteiger partial charge in [-0.1, -0.05) is 6.07 Å². The van der Waals surface area contributed by atoms with Gasteiger partial charge >= 0.3 is 0 Å². The van der Waals surface area contributed by atoms with E-state index >= 15 is 0 Å². The summed E-state index contributed by atoms with van der Waals surface area (Å²) in [5.74, 6) is 0.865. The topological polar surface area (TPSA) is 35.2 Å². The minimum Gasteiger partial charge on any atom is -0.484 e. The lowest BCUT2D eigenvalue weighted by Crippen LogP contribution is -2.17. The lowest BCUT2D eigenvalue weighted by Gasteiger charge is -2.15. The van der Waals surface area contributed by atoms with E-state index < -0.39 is 0 Å². The molecule has 0 fully saturated rings. The lowest BCUT2D eigenvalue weighted by atomic mass is 10.3. The highest BCUT2D eigenvalue weighted by molar-refractivity contribution is 14.1. The fourth-order valence-electron chi connectivity index (χ4n) is 1.37. The molecule has 0 aliphatic heterocycles. The molecule has 0 spiro atoms. The highest BCUT2D eigenvalue weighted by Gasteiger charge is 2.12. The summed E-state index contributed by atoms with van der Waals surface area (Å²) in [6.45, 7) is 0.493. The largest absolute Gasteiger partial charge is 0.484 e. The number of benzene rings is 1. The van der Waals surface area contributed by atoms with Crippen LogP contribution in [0.4, 0.5) is 0 Å². The van der Waals surface area contributed by atoms with Crippen LogP contribution in [0.1, 0.15) is 11.0 Å². The fraction of sp³-hybridized carbons (Fsp3) is 0.167. The molecule has 0 saturated carbocycles. The van der Waals surface area contributed by atoms with Crippen LogP contribution in [0.25, 0.3) is 0 Å². The van der Waals surface area contributed by atoms with Crippen LogP contribution < -0.4 is 10.5 Å². The van der Waals surface area contributed by atoms with E-state index in [1.54, 1.807) is 11.3 Å². The summed E-state index contributed by atoms with van der Waals surface area (Å²) in [6, 6.07) is 12.1. The van der Waals surface area contributed by atoms with Gasteiger partial charge in [0, 0.05) is 15.0 Å². The summed E-state index contributed by atoms with van der Waals surface area (Å²) in [5.41, 5.74) is 5.72. The zero-order valence-corrected chi connectivity index (χ0v) is 11.6. The Bertz CT molecular complexity index is 427. The van der Waals surface area contributed by atoms with E-state index in [0.717, 1.165) is 5.75 Å². The van der Waals surface area contributed by atoms with Crippen molar-refractivity contribution in [3.63, 3.8) is 0 Å². The lowest BCUT2D eigenvalue weighted by molar-refractivity contribution is 0.218. The first-order valence-electron chi connectivity index (χ1n) is 4.95. The van der Waals surface area contributed by atoms with Crippen molar-refractivity contribution >= 4 is 33.9 Å². The van der Waals surface area contributed by atoms with Gasteiger partial charge in [0.05, 0.1) is 0 Å². The second kappa shape index (κ2) is 5.65. The maximum absolute atomic E-state index is 5.85. The number of nitrogens with two attached hydrogens (primary N) is 1. The van der Waals surface area contributed by atoms with Crippen molar-refractivity contribution in [2.45, 2.75) is 6.10 Å². The maximum Gasteiger partial charge on any atom is 0.145 e. The minimum absolute atomic E-state index is 0.0416. The van der Waals surface area contributed by atoms with E-state index in [1.165, 1.54) is 8.45 Å². The highest BCUT2D eigenvalue weighted by Crippen LogP contribution is 2.25. The predicted molar refractivity (Wildman–Crippen MR) is 75.9 cm³/mol. The Labute approximate surface area is 113 Å². The molecule has 1 atom stereocenters. The molecule has 4 heteroatoms. The molecule has 0 aliphatic rings. The maximum atomic E-state index is 5.85. The second-order valence-corrected chi connectivity index (χ2v) is 5.54. The van der Waals surface area contributed by atoms with Gasteiger partial charge in [-0.2, -0.15) is 0 Å². The number of halogens is 1. The standard InChI is InChI=1S/C12H12INOS/c13-9-3-5-10(6-4-9)15-11(8-14)12-2-1-7-16-12/h1-7,11H,8,14H2. The first-order valence-corrected chi connectivity index (χ1v) is 6.91. The van der Waals surface area contributed by atoms with Gasteiger partial charge in [-0.25, -0.2) is 0 Å². The normalized spacial score (nSPS) is 12.4. The number of thiophene rings is 1. The van der Waals surface area contributed by atoms with Crippen LogP contribution in [0.3, 0.4) is 0 Å². The van der Waals surface area contributed by atoms with Crippen molar-refractivity contribution in [2.24, 2.45) is 5.73 Å². The van der Waals surface area contributed by atoms with Gasteiger partial charge in [0.25, 0.3) is 0 Å². The highest BCUT2D eigenvalue weighted by atomic mass is 127. The molecule has 2 aromatic rings. The third-order valence-electron chi connectivity index (χ3n) is 2.17. The average Bonchev–Trinajstić information content (AvgIpc) is 2.82. The van der Waals surface area contributed by atoms with Gasteiger partial charge in [0.1, 0.15) is 11.9 Å². The molecule has 2 rings (SSSR count). The summed E-state index contributed by atoms with van der Waals surface area (Å²) in [6.07, 6.45) is -0.0416. The molecule has 1 unspecified atom stereocenters. The van der Waals surface area contributed by atoms with Crippen LogP contribution in [0, 0.1) is 3.57 Å². The SMILES string of the molecule is NCC(Oc1ccc(I)cc1)c1cccs1. The van der Waals surface area contributed by atoms with E-state index in [2.05, 4.69) is 28.7 Å². The van der Waals surface area contributed by atoms with Crippen molar-refractivity contribution in [1.82, 2.24) is 0 Å². The molecule has 2 N–H and O–H groups in total. The Kier molecular flexibility index (Phi) is 4.20. The van der Waals surface area contributed by atoms with Gasteiger partial charge < -0.3 is 10.5 Å². The van der Waals surface area contributed by atoms with Crippen molar-refractivity contribution < 1.29 is 4.74 Å². The van der Waals surface area contributed by atoms with Gasteiger partial charge in [-0.3, -0.25) is 0 Å². The van der Waals surface area contributed by atoms with Crippen molar-refractivity contribution in [3.05, 3.63) is 50.2 Å². The van der Waals surface area contributed by atoms with E-state index in [1.807, 2.05) is 35.7 Å². The third kappa shape index (κ3) is 2.96. The Morgan fingerprint density at radius 1 is 1.25 bits per heavy atom. The predicted octanol–water partition coefficient (Wildman–Crippen LogP) is 3.43. The second-order valence-electron chi connectivity index (χ2n) is 3.31. The Hall–Kier alpha value is -0.590. The first-order chi connectivity index (χ1) is 7.79. The van der Waals surface area contributed by atoms with Gasteiger partial charge in [0.2, 0.25) is 0 Å². The molecular weight excluding hydrogens is 333 g/mol. The van der Waals surface area contributed by atoms with Gasteiger partial charge in [-0.15, -0.1) is 11.3 Å². The molecule has 0 saturated heterocycles.